The number of amides is 2. The highest BCUT2D eigenvalue weighted by molar-refractivity contribution is 6.35. The van der Waals surface area contributed by atoms with Gasteiger partial charge in [-0.15, -0.1) is 0 Å². The SMILES string of the molecule is N#CC(NC(N)=O)c1ccc(Cl)cc1Cl. The lowest BCUT2D eigenvalue weighted by Crippen LogP contribution is -2.32. The number of primary amides is 1. The lowest BCUT2D eigenvalue weighted by molar-refractivity contribution is 0.247. The van der Waals surface area contributed by atoms with Crippen molar-refractivity contribution in [3.8, 4) is 6.07 Å². The number of carbonyl (C=O) groups is 1. The van der Waals surface area contributed by atoms with Crippen LogP contribution in [0.4, 0.5) is 4.79 Å². The first kappa shape index (κ1) is 11.6. The molecule has 1 aromatic rings. The van der Waals surface area contributed by atoms with Gasteiger partial charge in [0.25, 0.3) is 0 Å². The maximum Gasteiger partial charge on any atom is 0.313 e. The molecule has 1 aromatic carbocycles. The summed E-state index contributed by atoms with van der Waals surface area (Å²) in [5, 5.41) is 11.8. The van der Waals surface area contributed by atoms with E-state index in [0.29, 0.717) is 15.6 Å². The standard InChI is InChI=1S/C9H7Cl2N3O/c10-5-1-2-6(7(11)3-5)8(4-12)14-9(13)15/h1-3,8H,(H3,13,14,15). The van der Waals surface area contributed by atoms with E-state index in [4.69, 9.17) is 34.2 Å². The summed E-state index contributed by atoms with van der Waals surface area (Å²) in [6.07, 6.45) is 0. The second-order valence-corrected chi connectivity index (χ2v) is 3.58. The van der Waals surface area contributed by atoms with Crippen LogP contribution in [0.5, 0.6) is 0 Å². The van der Waals surface area contributed by atoms with Crippen molar-refractivity contribution in [3.05, 3.63) is 33.8 Å². The Morgan fingerprint density at radius 2 is 2.20 bits per heavy atom. The molecule has 0 aliphatic heterocycles. The van der Waals surface area contributed by atoms with Crippen molar-refractivity contribution < 1.29 is 4.79 Å². The third kappa shape index (κ3) is 3.01. The number of rotatable bonds is 2. The minimum Gasteiger partial charge on any atom is -0.352 e. The number of hydrogen-bond donors (Lipinski definition) is 2. The van der Waals surface area contributed by atoms with E-state index in [1.165, 1.54) is 6.07 Å². The van der Waals surface area contributed by atoms with Gasteiger partial charge in [-0.05, 0) is 12.1 Å². The Morgan fingerprint density at radius 1 is 1.53 bits per heavy atom. The van der Waals surface area contributed by atoms with Crippen LogP contribution < -0.4 is 11.1 Å². The zero-order chi connectivity index (χ0) is 11.4. The van der Waals surface area contributed by atoms with Gasteiger partial charge in [0.05, 0.1) is 6.07 Å². The highest BCUT2D eigenvalue weighted by Crippen LogP contribution is 2.25. The van der Waals surface area contributed by atoms with E-state index in [1.807, 2.05) is 6.07 Å². The quantitative estimate of drug-likeness (QED) is 0.836. The van der Waals surface area contributed by atoms with Crippen molar-refractivity contribution in [2.45, 2.75) is 6.04 Å². The lowest BCUT2D eigenvalue weighted by atomic mass is 10.1. The highest BCUT2D eigenvalue weighted by Gasteiger charge is 2.15. The first-order valence-electron chi connectivity index (χ1n) is 3.95. The number of nitrogens with zero attached hydrogens (tertiary/aromatic N) is 1. The molecule has 0 heterocycles. The molecule has 0 saturated carbocycles. The highest BCUT2D eigenvalue weighted by atomic mass is 35.5. The molecule has 3 N–H and O–H groups in total. The third-order valence-corrected chi connectivity index (χ3v) is 2.25. The predicted octanol–water partition coefficient (Wildman–Crippen LogP) is 2.23. The molecule has 1 unspecified atom stereocenters. The van der Waals surface area contributed by atoms with E-state index in [-0.39, 0.29) is 0 Å². The van der Waals surface area contributed by atoms with E-state index < -0.39 is 12.1 Å². The molecule has 6 heteroatoms. The van der Waals surface area contributed by atoms with Gasteiger partial charge >= 0.3 is 6.03 Å². The van der Waals surface area contributed by atoms with E-state index in [0.717, 1.165) is 0 Å². The normalized spacial score (nSPS) is 11.5. The van der Waals surface area contributed by atoms with E-state index in [2.05, 4.69) is 5.32 Å². The second-order valence-electron chi connectivity index (χ2n) is 2.74. The van der Waals surface area contributed by atoms with Crippen LogP contribution in [-0.4, -0.2) is 6.03 Å². The molecule has 1 atom stereocenters. The van der Waals surface area contributed by atoms with Gasteiger partial charge in [0, 0.05) is 15.6 Å². The monoisotopic (exact) mass is 243 g/mol. The molecule has 0 saturated heterocycles. The van der Waals surface area contributed by atoms with Gasteiger partial charge < -0.3 is 11.1 Å². The molecule has 4 nitrogen and oxygen atoms in total. The summed E-state index contributed by atoms with van der Waals surface area (Å²) in [6, 6.07) is 4.85. The number of urea groups is 1. The van der Waals surface area contributed by atoms with Gasteiger partial charge in [0.15, 0.2) is 0 Å². The van der Waals surface area contributed by atoms with E-state index in [9.17, 15) is 4.79 Å². The Labute approximate surface area is 96.6 Å². The minimum absolute atomic E-state index is 0.308. The fourth-order valence-corrected chi connectivity index (χ4v) is 1.58. The topological polar surface area (TPSA) is 78.9 Å². The zero-order valence-electron chi connectivity index (χ0n) is 7.50. The number of halogens is 2. The van der Waals surface area contributed by atoms with Crippen molar-refractivity contribution in [2.75, 3.05) is 0 Å². The van der Waals surface area contributed by atoms with Crippen LogP contribution in [0.15, 0.2) is 18.2 Å². The van der Waals surface area contributed by atoms with Crippen LogP contribution in [0.25, 0.3) is 0 Å². The Morgan fingerprint density at radius 3 is 2.67 bits per heavy atom. The summed E-state index contributed by atoms with van der Waals surface area (Å²) in [4.78, 5) is 10.6. The van der Waals surface area contributed by atoms with Crippen LogP contribution in [-0.2, 0) is 0 Å². The molecule has 0 bridgehead atoms. The molecule has 78 valence electrons. The minimum atomic E-state index is -0.868. The smallest absolute Gasteiger partial charge is 0.313 e. The summed E-state index contributed by atoms with van der Waals surface area (Å²) in [7, 11) is 0. The van der Waals surface area contributed by atoms with Crippen molar-refractivity contribution >= 4 is 29.2 Å². The Kier molecular flexibility index (Phi) is 3.78. The zero-order valence-corrected chi connectivity index (χ0v) is 9.01. The first-order chi connectivity index (χ1) is 7.04. The molecule has 2 amide bonds. The summed E-state index contributed by atoms with van der Waals surface area (Å²) in [6.45, 7) is 0. The molecule has 0 radical (unpaired) electrons. The van der Waals surface area contributed by atoms with Crippen molar-refractivity contribution in [2.24, 2.45) is 5.73 Å². The lowest BCUT2D eigenvalue weighted by Gasteiger charge is -2.11. The molecule has 0 aliphatic rings. The summed E-state index contributed by atoms with van der Waals surface area (Å²) < 4.78 is 0. The van der Waals surface area contributed by atoms with Gasteiger partial charge in [-0.1, -0.05) is 29.3 Å². The van der Waals surface area contributed by atoms with Crippen LogP contribution >= 0.6 is 23.2 Å². The Balaban J connectivity index is 3.03. The number of nitrogens with one attached hydrogen (secondary N) is 1. The second kappa shape index (κ2) is 4.87. The average molecular weight is 244 g/mol. The molecule has 1 rings (SSSR count). The molecule has 15 heavy (non-hydrogen) atoms. The molecule has 0 aliphatic carbocycles. The van der Waals surface area contributed by atoms with E-state index in [1.54, 1.807) is 12.1 Å². The summed E-state index contributed by atoms with van der Waals surface area (Å²) >= 11 is 11.5. The van der Waals surface area contributed by atoms with Gasteiger partial charge in [0.1, 0.15) is 6.04 Å². The Bertz CT molecular complexity index is 428. The van der Waals surface area contributed by atoms with Crippen LogP contribution in [0.2, 0.25) is 10.0 Å². The third-order valence-electron chi connectivity index (χ3n) is 1.69. The molecular weight excluding hydrogens is 237 g/mol. The first-order valence-corrected chi connectivity index (χ1v) is 4.70. The van der Waals surface area contributed by atoms with Crippen molar-refractivity contribution in [1.29, 1.82) is 5.26 Å². The van der Waals surface area contributed by atoms with Crippen LogP contribution in [0.1, 0.15) is 11.6 Å². The predicted molar refractivity (Wildman–Crippen MR) is 57.5 cm³/mol. The maximum absolute atomic E-state index is 10.6. The summed E-state index contributed by atoms with van der Waals surface area (Å²) in [5.74, 6) is 0. The average Bonchev–Trinajstić information content (AvgIpc) is 2.14. The van der Waals surface area contributed by atoms with E-state index >= 15 is 0 Å². The number of hydrogen-bond acceptors (Lipinski definition) is 2. The Hall–Kier alpha value is -1.44. The van der Waals surface area contributed by atoms with Gasteiger partial charge in [-0.3, -0.25) is 0 Å². The molecule has 0 fully saturated rings. The number of nitrogens with two attached hydrogens (primary N) is 1. The fraction of sp³-hybridized carbons (Fsp3) is 0.111. The number of nitriles is 1. The molecular formula is C9H7Cl2N3O. The van der Waals surface area contributed by atoms with Crippen LogP contribution in [0, 0.1) is 11.3 Å². The summed E-state index contributed by atoms with van der Waals surface area (Å²) in [5.41, 5.74) is 5.38. The van der Waals surface area contributed by atoms with Crippen molar-refractivity contribution in [3.63, 3.8) is 0 Å². The largest absolute Gasteiger partial charge is 0.352 e. The maximum atomic E-state index is 10.6. The van der Waals surface area contributed by atoms with Crippen LogP contribution in [0.3, 0.4) is 0 Å². The fourth-order valence-electron chi connectivity index (χ4n) is 1.06. The number of carbonyl (C=O) groups excluding carboxylic acids is 1. The number of benzene rings is 1. The van der Waals surface area contributed by atoms with Gasteiger partial charge in [-0.2, -0.15) is 5.26 Å². The van der Waals surface area contributed by atoms with Gasteiger partial charge in [-0.25, -0.2) is 4.79 Å². The molecule has 0 spiro atoms. The van der Waals surface area contributed by atoms with Crippen molar-refractivity contribution in [1.82, 2.24) is 5.32 Å². The molecule has 0 aromatic heterocycles. The van der Waals surface area contributed by atoms with Gasteiger partial charge in [0.2, 0.25) is 0 Å².